The molecule has 1 amide bonds. The summed E-state index contributed by atoms with van der Waals surface area (Å²) in [7, 11) is 0. The van der Waals surface area contributed by atoms with Crippen LogP contribution in [0.15, 0.2) is 42.5 Å². The molecule has 22 heavy (non-hydrogen) atoms. The Morgan fingerprint density at radius 2 is 1.91 bits per heavy atom. The molecule has 0 bridgehead atoms. The molecule has 4 heteroatoms. The first-order valence-electron chi connectivity index (χ1n) is 7.46. The van der Waals surface area contributed by atoms with Gasteiger partial charge in [0.1, 0.15) is 5.60 Å². The first-order chi connectivity index (χ1) is 10.3. The summed E-state index contributed by atoms with van der Waals surface area (Å²) < 4.78 is 20.3. The number of alkyl halides is 1. The second kappa shape index (κ2) is 4.97. The van der Waals surface area contributed by atoms with E-state index < -0.39 is 23.4 Å². The van der Waals surface area contributed by atoms with Gasteiger partial charge in [0, 0.05) is 6.42 Å². The molecule has 0 saturated heterocycles. The molecular weight excluding hydrogens is 281 g/mol. The van der Waals surface area contributed by atoms with Gasteiger partial charge in [0.25, 0.3) is 0 Å². The molecule has 2 aromatic rings. The Morgan fingerprint density at radius 1 is 1.23 bits per heavy atom. The molecule has 0 heterocycles. The fraction of sp³-hybridized carbons (Fsp3) is 0.389. The van der Waals surface area contributed by atoms with E-state index in [2.05, 4.69) is 5.32 Å². The first-order valence-corrected chi connectivity index (χ1v) is 7.46. The van der Waals surface area contributed by atoms with Crippen LogP contribution in [0.2, 0.25) is 0 Å². The molecule has 1 aliphatic rings. The number of fused-ring (bicyclic) bond motifs is 1. The van der Waals surface area contributed by atoms with Gasteiger partial charge in [-0.1, -0.05) is 42.5 Å². The molecule has 0 aromatic heterocycles. The summed E-state index contributed by atoms with van der Waals surface area (Å²) >= 11 is 0. The summed E-state index contributed by atoms with van der Waals surface area (Å²) in [5.74, 6) is 0. The standard InChI is InChI=1S/C18H20FNO2/c1-17(2,3)22-16(21)20-15-11-18(15,19)14-10-6-8-12-7-4-5-9-13(12)14/h4-10,15H,11H2,1-3H3,(H,20,21)/t15-,18-/m1/s1. The van der Waals surface area contributed by atoms with Crippen LogP contribution in [0.25, 0.3) is 10.8 Å². The minimum Gasteiger partial charge on any atom is -0.444 e. The monoisotopic (exact) mass is 301 g/mol. The third kappa shape index (κ3) is 2.78. The Kier molecular flexibility index (Phi) is 3.35. The minimum absolute atomic E-state index is 0.278. The minimum atomic E-state index is -1.52. The summed E-state index contributed by atoms with van der Waals surface area (Å²) in [4.78, 5) is 11.8. The summed E-state index contributed by atoms with van der Waals surface area (Å²) in [5.41, 5.74) is -1.47. The summed E-state index contributed by atoms with van der Waals surface area (Å²) in [6.07, 6.45) is -0.294. The predicted octanol–water partition coefficient (Wildman–Crippen LogP) is 4.30. The van der Waals surface area contributed by atoms with Crippen LogP contribution < -0.4 is 5.32 Å². The molecule has 2 atom stereocenters. The maximum absolute atomic E-state index is 15.1. The Hall–Kier alpha value is -2.10. The first kappa shape index (κ1) is 14.8. The number of carbonyl (C=O) groups excluding carboxylic acids is 1. The second-order valence-electron chi connectivity index (χ2n) is 6.79. The van der Waals surface area contributed by atoms with Crippen molar-refractivity contribution in [2.45, 2.75) is 44.5 Å². The van der Waals surface area contributed by atoms with E-state index in [0.29, 0.717) is 5.56 Å². The third-order valence-corrected chi connectivity index (χ3v) is 3.82. The Morgan fingerprint density at radius 3 is 2.64 bits per heavy atom. The molecule has 0 radical (unpaired) electrons. The van der Waals surface area contributed by atoms with Crippen molar-refractivity contribution in [1.29, 1.82) is 0 Å². The van der Waals surface area contributed by atoms with Crippen LogP contribution in [0.4, 0.5) is 9.18 Å². The van der Waals surface area contributed by atoms with Crippen LogP contribution in [-0.4, -0.2) is 17.7 Å². The van der Waals surface area contributed by atoms with Crippen LogP contribution in [0.3, 0.4) is 0 Å². The highest BCUT2D eigenvalue weighted by Gasteiger charge is 2.58. The molecule has 3 nitrogen and oxygen atoms in total. The lowest BCUT2D eigenvalue weighted by Gasteiger charge is -2.20. The van der Waals surface area contributed by atoms with Crippen molar-refractivity contribution in [3.8, 4) is 0 Å². The van der Waals surface area contributed by atoms with Crippen molar-refractivity contribution in [2.24, 2.45) is 0 Å². The van der Waals surface area contributed by atoms with E-state index in [0.717, 1.165) is 10.8 Å². The largest absolute Gasteiger partial charge is 0.444 e. The molecular formula is C18H20FNO2. The number of alkyl carbamates (subject to hydrolysis) is 1. The fourth-order valence-corrected chi connectivity index (χ4v) is 2.74. The maximum Gasteiger partial charge on any atom is 0.407 e. The number of hydrogen-bond acceptors (Lipinski definition) is 2. The lowest BCUT2D eigenvalue weighted by atomic mass is 9.99. The highest BCUT2D eigenvalue weighted by Crippen LogP contribution is 2.51. The third-order valence-electron chi connectivity index (χ3n) is 3.82. The van der Waals surface area contributed by atoms with Crippen LogP contribution in [0.5, 0.6) is 0 Å². The summed E-state index contributed by atoms with van der Waals surface area (Å²) in [5, 5.41) is 4.52. The molecule has 3 rings (SSSR count). The number of benzene rings is 2. The molecule has 0 spiro atoms. The van der Waals surface area contributed by atoms with E-state index in [1.165, 1.54) is 0 Å². The SMILES string of the molecule is CC(C)(C)OC(=O)N[C@@H]1C[C@@]1(F)c1cccc2ccccc12. The van der Waals surface area contributed by atoms with Crippen molar-refractivity contribution < 1.29 is 13.9 Å². The van der Waals surface area contributed by atoms with Gasteiger partial charge in [0.05, 0.1) is 6.04 Å². The van der Waals surface area contributed by atoms with E-state index in [9.17, 15) is 4.79 Å². The normalized spacial score (nSPS) is 24.1. The molecule has 1 aliphatic carbocycles. The Bertz CT molecular complexity index is 717. The van der Waals surface area contributed by atoms with Crippen molar-refractivity contribution in [3.05, 3.63) is 48.0 Å². The van der Waals surface area contributed by atoms with Crippen LogP contribution in [0.1, 0.15) is 32.8 Å². The lowest BCUT2D eigenvalue weighted by Crippen LogP contribution is -2.35. The van der Waals surface area contributed by atoms with Crippen LogP contribution in [0, 0.1) is 0 Å². The zero-order valence-electron chi connectivity index (χ0n) is 13.0. The molecule has 1 fully saturated rings. The van der Waals surface area contributed by atoms with Gasteiger partial charge in [-0.2, -0.15) is 0 Å². The van der Waals surface area contributed by atoms with Crippen molar-refractivity contribution in [3.63, 3.8) is 0 Å². The van der Waals surface area contributed by atoms with E-state index in [4.69, 9.17) is 4.74 Å². The van der Waals surface area contributed by atoms with Gasteiger partial charge >= 0.3 is 6.09 Å². The zero-order valence-corrected chi connectivity index (χ0v) is 13.0. The van der Waals surface area contributed by atoms with Crippen molar-refractivity contribution in [2.75, 3.05) is 0 Å². The second-order valence-corrected chi connectivity index (χ2v) is 6.79. The topological polar surface area (TPSA) is 38.3 Å². The molecule has 116 valence electrons. The van der Waals surface area contributed by atoms with Gasteiger partial charge in [-0.15, -0.1) is 0 Å². The summed E-state index contributed by atoms with van der Waals surface area (Å²) in [6, 6.07) is 12.8. The van der Waals surface area contributed by atoms with Crippen molar-refractivity contribution in [1.82, 2.24) is 5.32 Å². The highest BCUT2D eigenvalue weighted by molar-refractivity contribution is 5.87. The van der Waals surface area contributed by atoms with Crippen LogP contribution in [-0.2, 0) is 10.4 Å². The van der Waals surface area contributed by atoms with E-state index in [-0.39, 0.29) is 6.42 Å². The number of nitrogens with one attached hydrogen (secondary N) is 1. The van der Waals surface area contributed by atoms with Gasteiger partial charge in [0.2, 0.25) is 0 Å². The van der Waals surface area contributed by atoms with Gasteiger partial charge < -0.3 is 10.1 Å². The fourth-order valence-electron chi connectivity index (χ4n) is 2.74. The maximum atomic E-state index is 15.1. The number of carbonyl (C=O) groups is 1. The number of hydrogen-bond donors (Lipinski definition) is 1. The quantitative estimate of drug-likeness (QED) is 0.898. The Balaban J connectivity index is 1.80. The van der Waals surface area contributed by atoms with Gasteiger partial charge in [0.15, 0.2) is 5.67 Å². The number of halogens is 1. The number of amides is 1. The summed E-state index contributed by atoms with van der Waals surface area (Å²) in [6.45, 7) is 5.35. The average molecular weight is 301 g/mol. The average Bonchev–Trinajstić information content (AvgIpc) is 3.07. The smallest absolute Gasteiger partial charge is 0.407 e. The zero-order chi connectivity index (χ0) is 16.0. The van der Waals surface area contributed by atoms with Crippen molar-refractivity contribution >= 4 is 16.9 Å². The molecule has 2 aromatic carbocycles. The van der Waals surface area contributed by atoms with E-state index in [1.54, 1.807) is 26.8 Å². The van der Waals surface area contributed by atoms with Gasteiger partial charge in [-0.25, -0.2) is 9.18 Å². The number of rotatable bonds is 2. The van der Waals surface area contributed by atoms with Gasteiger partial charge in [-0.3, -0.25) is 0 Å². The lowest BCUT2D eigenvalue weighted by molar-refractivity contribution is 0.0511. The molecule has 0 unspecified atom stereocenters. The predicted molar refractivity (Wildman–Crippen MR) is 84.5 cm³/mol. The molecule has 1 N–H and O–H groups in total. The molecule has 0 aliphatic heterocycles. The highest BCUT2D eigenvalue weighted by atomic mass is 19.1. The van der Waals surface area contributed by atoms with E-state index >= 15 is 4.39 Å². The van der Waals surface area contributed by atoms with Gasteiger partial charge in [-0.05, 0) is 37.1 Å². The number of ether oxygens (including phenoxy) is 1. The Labute approximate surface area is 129 Å². The van der Waals surface area contributed by atoms with Crippen LogP contribution >= 0.6 is 0 Å². The van der Waals surface area contributed by atoms with E-state index in [1.807, 2.05) is 36.4 Å². The molecule has 1 saturated carbocycles.